The van der Waals surface area contributed by atoms with Gasteiger partial charge in [0.15, 0.2) is 0 Å². The molecule has 2 N–H and O–H groups in total. The highest BCUT2D eigenvalue weighted by Gasteiger charge is 2.27. The Kier molecular flexibility index (Phi) is 4.92. The van der Waals surface area contributed by atoms with Crippen LogP contribution in [0.5, 0.6) is 0 Å². The topological polar surface area (TPSA) is 102 Å². The van der Waals surface area contributed by atoms with Crippen molar-refractivity contribution >= 4 is 29.1 Å². The van der Waals surface area contributed by atoms with Gasteiger partial charge >= 0.3 is 0 Å². The summed E-state index contributed by atoms with van der Waals surface area (Å²) in [7, 11) is 1.52. The molecule has 114 valence electrons. The molecule has 1 aromatic rings. The third kappa shape index (κ3) is 3.59. The van der Waals surface area contributed by atoms with Gasteiger partial charge in [-0.1, -0.05) is 11.6 Å². The molecule has 1 fully saturated rings. The Morgan fingerprint density at radius 1 is 1.52 bits per heavy atom. The van der Waals surface area contributed by atoms with E-state index >= 15 is 0 Å². The molecule has 1 atom stereocenters. The number of ether oxygens (including phenoxy) is 1. The summed E-state index contributed by atoms with van der Waals surface area (Å²) in [6.45, 7) is 0.622. The van der Waals surface area contributed by atoms with E-state index < -0.39 is 17.5 Å². The van der Waals surface area contributed by atoms with E-state index in [-0.39, 0.29) is 29.6 Å². The van der Waals surface area contributed by atoms with Gasteiger partial charge in [-0.2, -0.15) is 5.10 Å². The van der Waals surface area contributed by atoms with Crippen LogP contribution < -0.4 is 16.2 Å². The zero-order valence-corrected chi connectivity index (χ0v) is 12.1. The van der Waals surface area contributed by atoms with Crippen molar-refractivity contribution in [2.45, 2.75) is 25.4 Å². The molecule has 9 heteroatoms. The first kappa shape index (κ1) is 15.5. The van der Waals surface area contributed by atoms with Crippen LogP contribution in [-0.2, 0) is 20.9 Å². The number of carbonyl (C=O) groups is 2. The van der Waals surface area contributed by atoms with Crippen molar-refractivity contribution in [1.29, 1.82) is 0 Å². The standard InChI is InChI=1S/C12H15ClN4O4/c1-21-5-4-17-12(20)10(13)8(6-14-17)15-7-2-3-9(18)16-11(7)19/h6-7,15H,2-5H2,1H3,(H,16,18,19). The Morgan fingerprint density at radius 3 is 2.95 bits per heavy atom. The minimum atomic E-state index is -0.615. The molecule has 1 aliphatic rings. The van der Waals surface area contributed by atoms with Crippen LogP contribution in [0.3, 0.4) is 0 Å². The molecule has 2 rings (SSSR count). The summed E-state index contributed by atoms with van der Waals surface area (Å²) in [6.07, 6.45) is 1.95. The van der Waals surface area contributed by atoms with E-state index in [0.29, 0.717) is 13.0 Å². The van der Waals surface area contributed by atoms with Crippen LogP contribution in [0.15, 0.2) is 11.0 Å². The van der Waals surface area contributed by atoms with Crippen LogP contribution in [0.25, 0.3) is 0 Å². The molecule has 0 saturated carbocycles. The fraction of sp³-hybridized carbons (Fsp3) is 0.500. The number of hydrogen-bond donors (Lipinski definition) is 2. The van der Waals surface area contributed by atoms with Crippen LogP contribution >= 0.6 is 11.6 Å². The zero-order chi connectivity index (χ0) is 15.4. The Bertz CT molecular complexity index is 616. The number of carbonyl (C=O) groups excluding carboxylic acids is 2. The van der Waals surface area contributed by atoms with Gasteiger partial charge < -0.3 is 10.1 Å². The first-order chi connectivity index (χ1) is 10.0. The summed E-state index contributed by atoms with van der Waals surface area (Å²) in [6, 6.07) is -0.615. The second-order valence-electron chi connectivity index (χ2n) is 4.54. The molecule has 1 aliphatic heterocycles. The number of amides is 2. The first-order valence-corrected chi connectivity index (χ1v) is 6.75. The number of piperidine rings is 1. The zero-order valence-electron chi connectivity index (χ0n) is 11.4. The average Bonchev–Trinajstić information content (AvgIpc) is 2.45. The number of aromatic nitrogens is 2. The van der Waals surface area contributed by atoms with Crippen molar-refractivity contribution < 1.29 is 14.3 Å². The van der Waals surface area contributed by atoms with Crippen molar-refractivity contribution in [1.82, 2.24) is 15.1 Å². The first-order valence-electron chi connectivity index (χ1n) is 6.37. The monoisotopic (exact) mass is 314 g/mol. The molecule has 0 aromatic carbocycles. The van der Waals surface area contributed by atoms with Crippen molar-refractivity contribution in [3.63, 3.8) is 0 Å². The van der Waals surface area contributed by atoms with E-state index in [1.165, 1.54) is 18.0 Å². The van der Waals surface area contributed by atoms with Gasteiger partial charge in [-0.05, 0) is 6.42 Å². The third-order valence-electron chi connectivity index (χ3n) is 3.06. The van der Waals surface area contributed by atoms with Gasteiger partial charge in [-0.25, -0.2) is 4.68 Å². The summed E-state index contributed by atoms with van der Waals surface area (Å²) in [5.41, 5.74) is -0.198. The minimum absolute atomic E-state index is 0.0502. The minimum Gasteiger partial charge on any atom is -0.383 e. The maximum Gasteiger partial charge on any atom is 0.287 e. The summed E-state index contributed by atoms with van der Waals surface area (Å²) in [4.78, 5) is 34.7. The Morgan fingerprint density at radius 2 is 2.29 bits per heavy atom. The van der Waals surface area contributed by atoms with Crippen LogP contribution in [0.1, 0.15) is 12.8 Å². The highest BCUT2D eigenvalue weighted by atomic mass is 35.5. The molecular weight excluding hydrogens is 300 g/mol. The Balaban J connectivity index is 2.14. The van der Waals surface area contributed by atoms with E-state index in [4.69, 9.17) is 16.3 Å². The van der Waals surface area contributed by atoms with Crippen LogP contribution in [0.2, 0.25) is 5.02 Å². The number of hydrogen-bond acceptors (Lipinski definition) is 6. The van der Waals surface area contributed by atoms with Gasteiger partial charge in [0.25, 0.3) is 5.56 Å². The second kappa shape index (κ2) is 6.68. The maximum atomic E-state index is 12.0. The van der Waals surface area contributed by atoms with Crippen LogP contribution in [0.4, 0.5) is 5.69 Å². The Labute approximate surface area is 125 Å². The summed E-state index contributed by atoms with van der Waals surface area (Å²) in [5, 5.41) is 8.97. The fourth-order valence-electron chi connectivity index (χ4n) is 1.92. The number of anilines is 1. The quantitative estimate of drug-likeness (QED) is 0.727. The highest BCUT2D eigenvalue weighted by Crippen LogP contribution is 2.19. The molecule has 1 aromatic heterocycles. The number of rotatable bonds is 5. The van der Waals surface area contributed by atoms with Gasteiger partial charge in [-0.3, -0.25) is 19.7 Å². The van der Waals surface area contributed by atoms with Gasteiger partial charge in [0.1, 0.15) is 11.1 Å². The predicted octanol–water partition coefficient (Wildman–Crippen LogP) is -0.240. The molecule has 0 bridgehead atoms. The summed E-state index contributed by atoms with van der Waals surface area (Å²) >= 11 is 6.00. The molecule has 0 radical (unpaired) electrons. The van der Waals surface area contributed by atoms with Crippen molar-refractivity contribution in [2.75, 3.05) is 19.0 Å². The lowest BCUT2D eigenvalue weighted by Gasteiger charge is -2.23. The van der Waals surface area contributed by atoms with Crippen molar-refractivity contribution in [3.8, 4) is 0 Å². The van der Waals surface area contributed by atoms with E-state index in [1.807, 2.05) is 0 Å². The smallest absolute Gasteiger partial charge is 0.287 e. The molecule has 8 nitrogen and oxygen atoms in total. The van der Waals surface area contributed by atoms with Gasteiger partial charge in [-0.15, -0.1) is 0 Å². The van der Waals surface area contributed by atoms with E-state index in [2.05, 4.69) is 15.7 Å². The average molecular weight is 315 g/mol. The molecule has 2 heterocycles. The molecule has 2 amide bonds. The fourth-order valence-corrected chi connectivity index (χ4v) is 2.12. The van der Waals surface area contributed by atoms with Crippen LogP contribution in [-0.4, -0.2) is 41.4 Å². The second-order valence-corrected chi connectivity index (χ2v) is 4.92. The van der Waals surface area contributed by atoms with Gasteiger partial charge in [0.2, 0.25) is 11.8 Å². The lowest BCUT2D eigenvalue weighted by molar-refractivity contribution is -0.133. The molecule has 0 aliphatic carbocycles. The van der Waals surface area contributed by atoms with Crippen molar-refractivity contribution in [2.24, 2.45) is 0 Å². The highest BCUT2D eigenvalue weighted by molar-refractivity contribution is 6.33. The molecule has 1 saturated heterocycles. The van der Waals surface area contributed by atoms with E-state index in [9.17, 15) is 14.4 Å². The lowest BCUT2D eigenvalue weighted by atomic mass is 10.1. The van der Waals surface area contributed by atoms with Gasteiger partial charge in [0, 0.05) is 13.5 Å². The van der Waals surface area contributed by atoms with E-state index in [1.54, 1.807) is 0 Å². The molecular formula is C12H15ClN4O4. The normalized spacial score (nSPS) is 18.5. The third-order valence-corrected chi connectivity index (χ3v) is 3.43. The van der Waals surface area contributed by atoms with E-state index in [0.717, 1.165) is 0 Å². The summed E-state index contributed by atoms with van der Waals surface area (Å²) < 4.78 is 6.06. The lowest BCUT2D eigenvalue weighted by Crippen LogP contribution is -2.47. The van der Waals surface area contributed by atoms with Crippen molar-refractivity contribution in [3.05, 3.63) is 21.6 Å². The molecule has 21 heavy (non-hydrogen) atoms. The number of nitrogens with zero attached hydrogens (tertiary/aromatic N) is 2. The largest absolute Gasteiger partial charge is 0.383 e. The van der Waals surface area contributed by atoms with Gasteiger partial charge in [0.05, 0.1) is 25.0 Å². The summed E-state index contributed by atoms with van der Waals surface area (Å²) in [5.74, 6) is -0.747. The number of nitrogens with one attached hydrogen (secondary N) is 2. The maximum absolute atomic E-state index is 12.0. The van der Waals surface area contributed by atoms with Crippen LogP contribution in [0, 0.1) is 0 Å². The number of halogens is 1. The SMILES string of the molecule is COCCn1ncc(NC2CCC(=O)NC2=O)c(Cl)c1=O. The number of methoxy groups -OCH3 is 1. The molecule has 0 spiro atoms. The molecule has 1 unspecified atom stereocenters. The number of imide groups is 1. The Hall–Kier alpha value is -1.93. The predicted molar refractivity (Wildman–Crippen MR) is 75.2 cm³/mol.